The SMILES string of the molecule is FN(F)Br. The third kappa shape index (κ3) is 43.2. The first-order chi connectivity index (χ1) is 1.73. The lowest BCUT2D eigenvalue weighted by atomic mass is 13.6. The first-order valence-electron chi connectivity index (χ1n) is 0.507. The third-order valence-electron chi connectivity index (χ3n) is 0. The Morgan fingerprint density at radius 2 is 1.50 bits per heavy atom. The second kappa shape index (κ2) is 1.60. The van der Waals surface area contributed by atoms with E-state index in [0.29, 0.717) is 0 Å². The molecule has 0 fully saturated rings. The summed E-state index contributed by atoms with van der Waals surface area (Å²) in [5.74, 6) is 0. The summed E-state index contributed by atoms with van der Waals surface area (Å²) in [6, 6.07) is 0. The molecule has 0 N–H and O–H groups in total. The number of nitrogens with zero attached hydrogens (tertiary/aromatic N) is 1. The summed E-state index contributed by atoms with van der Waals surface area (Å²) in [4.78, 5) is 0. The lowest BCUT2D eigenvalue weighted by Gasteiger charge is -1.70. The van der Waals surface area contributed by atoms with Crippen molar-refractivity contribution in [2.75, 3.05) is 0 Å². The van der Waals surface area contributed by atoms with Crippen LogP contribution >= 0.6 is 16.1 Å². The Hall–Kier alpha value is 0.300. The molecule has 0 atom stereocenters. The summed E-state index contributed by atoms with van der Waals surface area (Å²) in [5.41, 5.74) is 0. The van der Waals surface area contributed by atoms with E-state index in [1.807, 2.05) is 0 Å². The Bertz CT molecular complexity index is 10.8. The second-order valence-electron chi connectivity index (χ2n) is 0.192. The van der Waals surface area contributed by atoms with Crippen molar-refractivity contribution in [1.82, 2.24) is 4.37 Å². The van der Waals surface area contributed by atoms with Crippen molar-refractivity contribution >= 4 is 16.1 Å². The van der Waals surface area contributed by atoms with E-state index in [1.54, 1.807) is 16.1 Å². The zero-order valence-corrected chi connectivity index (χ0v) is 3.17. The van der Waals surface area contributed by atoms with Crippen LogP contribution in [0.5, 0.6) is 0 Å². The largest absolute Gasteiger partial charge is 0.0897 e. The van der Waals surface area contributed by atoms with E-state index in [0.717, 1.165) is 0 Å². The van der Waals surface area contributed by atoms with E-state index in [9.17, 15) is 8.96 Å². The van der Waals surface area contributed by atoms with Crippen molar-refractivity contribution in [1.29, 1.82) is 0 Å². The molecule has 0 unspecified atom stereocenters. The first-order valence-corrected chi connectivity index (χ1v) is 1.22. The van der Waals surface area contributed by atoms with E-state index in [1.165, 1.54) is 0 Å². The van der Waals surface area contributed by atoms with Crippen LogP contribution < -0.4 is 0 Å². The molecule has 0 aliphatic carbocycles. The van der Waals surface area contributed by atoms with E-state index >= 15 is 0 Å². The van der Waals surface area contributed by atoms with E-state index < -0.39 is 4.37 Å². The molecule has 0 aromatic heterocycles. The molecule has 0 aliphatic rings. The predicted molar refractivity (Wildman–Crippen MR) is 13.0 cm³/mol. The third-order valence-corrected chi connectivity index (χ3v) is 0. The maximum atomic E-state index is 10.1. The fourth-order valence-electron chi connectivity index (χ4n) is 0. The monoisotopic (exact) mass is 131 g/mol. The van der Waals surface area contributed by atoms with Crippen molar-refractivity contribution in [3.05, 3.63) is 0 Å². The molecular formula is BrF2N. The normalized spacial score (nSPS) is 9.00. The van der Waals surface area contributed by atoms with Crippen molar-refractivity contribution < 1.29 is 8.96 Å². The molecular weight excluding hydrogens is 132 g/mol. The fourth-order valence-corrected chi connectivity index (χ4v) is 0. The van der Waals surface area contributed by atoms with Crippen molar-refractivity contribution in [2.24, 2.45) is 0 Å². The van der Waals surface area contributed by atoms with E-state index in [2.05, 4.69) is 0 Å². The van der Waals surface area contributed by atoms with Crippen LogP contribution in [0.25, 0.3) is 0 Å². The smallest absolute Gasteiger partial charge is 0.0888 e. The average Bonchev–Trinajstić information content (AvgIpc) is 0.811. The molecule has 26 valence electrons. The lowest BCUT2D eigenvalue weighted by Crippen LogP contribution is -1.67. The highest BCUT2D eigenvalue weighted by Gasteiger charge is 1.77. The highest BCUT2D eigenvalue weighted by Crippen LogP contribution is 1.93. The van der Waals surface area contributed by atoms with Gasteiger partial charge in [0.2, 0.25) is 0 Å². The summed E-state index contributed by atoms with van der Waals surface area (Å²) >= 11 is 1.77. The minimum absolute atomic E-state index is 1.19. The molecule has 0 heterocycles. The molecule has 4 heteroatoms. The lowest BCUT2D eigenvalue weighted by molar-refractivity contribution is -0.0293. The zero-order chi connectivity index (χ0) is 3.58. The van der Waals surface area contributed by atoms with Gasteiger partial charge in [0, 0.05) is 0 Å². The highest BCUT2D eigenvalue weighted by molar-refractivity contribution is 9.07. The molecule has 0 saturated carbocycles. The quantitative estimate of drug-likeness (QED) is 0.449. The van der Waals surface area contributed by atoms with E-state index in [-0.39, 0.29) is 0 Å². The first kappa shape index (κ1) is 4.30. The Balaban J connectivity index is 2.32. The maximum Gasteiger partial charge on any atom is 0.0897 e. The minimum Gasteiger partial charge on any atom is -0.0888 e. The minimum atomic E-state index is -1.19. The van der Waals surface area contributed by atoms with Crippen molar-refractivity contribution in [3.63, 3.8) is 0 Å². The van der Waals surface area contributed by atoms with Gasteiger partial charge in [0.1, 0.15) is 0 Å². The Labute approximate surface area is 30.4 Å². The molecule has 0 aromatic carbocycles. The summed E-state index contributed by atoms with van der Waals surface area (Å²) in [5, 5.41) is 0. The molecule has 0 aliphatic heterocycles. The van der Waals surface area contributed by atoms with Gasteiger partial charge in [-0.05, 0) is 0 Å². The fraction of sp³-hybridized carbons (Fsp3) is 0. The van der Waals surface area contributed by atoms with Crippen LogP contribution in [0, 0.1) is 0 Å². The Morgan fingerprint density at radius 1 is 1.50 bits per heavy atom. The van der Waals surface area contributed by atoms with Gasteiger partial charge in [-0.2, -0.15) is 0 Å². The van der Waals surface area contributed by atoms with Crippen molar-refractivity contribution in [2.45, 2.75) is 0 Å². The topological polar surface area (TPSA) is 3.24 Å². The Morgan fingerprint density at radius 3 is 1.50 bits per heavy atom. The Kier molecular flexibility index (Phi) is 1.72. The van der Waals surface area contributed by atoms with Crippen molar-refractivity contribution in [3.8, 4) is 0 Å². The molecule has 0 bridgehead atoms. The van der Waals surface area contributed by atoms with Crippen LogP contribution in [-0.4, -0.2) is 4.37 Å². The number of rotatable bonds is 0. The summed E-state index contributed by atoms with van der Waals surface area (Å²) in [7, 11) is 0. The molecule has 0 spiro atoms. The molecule has 1 nitrogen and oxygen atoms in total. The van der Waals surface area contributed by atoms with Gasteiger partial charge in [-0.25, -0.2) is 0 Å². The van der Waals surface area contributed by atoms with Gasteiger partial charge in [-0.15, -0.1) is 0 Å². The van der Waals surface area contributed by atoms with Crippen LogP contribution in [-0.2, 0) is 0 Å². The van der Waals surface area contributed by atoms with E-state index in [4.69, 9.17) is 0 Å². The predicted octanol–water partition coefficient (Wildman–Crippen LogP) is 1.37. The molecule has 0 rings (SSSR count). The number of hydrogen-bond donors (Lipinski definition) is 0. The van der Waals surface area contributed by atoms with Crippen LogP contribution in [0.4, 0.5) is 8.96 Å². The van der Waals surface area contributed by atoms with Crippen LogP contribution in [0.2, 0.25) is 0 Å². The van der Waals surface area contributed by atoms with Gasteiger partial charge in [-0.3, -0.25) is 0 Å². The highest BCUT2D eigenvalue weighted by atomic mass is 79.9. The summed E-state index contributed by atoms with van der Waals surface area (Å²) in [6.07, 6.45) is 0. The molecule has 0 amide bonds. The van der Waals surface area contributed by atoms with Gasteiger partial charge in [0.15, 0.2) is 0 Å². The zero-order valence-electron chi connectivity index (χ0n) is 1.58. The van der Waals surface area contributed by atoms with Crippen LogP contribution in [0.1, 0.15) is 0 Å². The number of hydrogen-bond acceptors (Lipinski definition) is 1. The molecule has 4 heavy (non-hydrogen) atoms. The molecule has 0 radical (unpaired) electrons. The average molecular weight is 132 g/mol. The summed E-state index contributed by atoms with van der Waals surface area (Å²) < 4.78 is 19.0. The molecule has 0 saturated heterocycles. The van der Waals surface area contributed by atoms with Gasteiger partial charge < -0.3 is 0 Å². The van der Waals surface area contributed by atoms with Crippen LogP contribution in [0.15, 0.2) is 0 Å². The number of halogens is 3. The maximum absolute atomic E-state index is 10.1. The summed E-state index contributed by atoms with van der Waals surface area (Å²) in [6.45, 7) is 0. The molecule has 0 aromatic rings. The van der Waals surface area contributed by atoms with Gasteiger partial charge in [0.25, 0.3) is 0 Å². The van der Waals surface area contributed by atoms with Gasteiger partial charge in [-0.1, -0.05) is 8.96 Å². The standard InChI is InChI=1S/BrF2N/c1-4(2)3. The van der Waals surface area contributed by atoms with Gasteiger partial charge in [0.05, 0.1) is 20.5 Å². The van der Waals surface area contributed by atoms with Crippen LogP contribution in [0.3, 0.4) is 0 Å². The van der Waals surface area contributed by atoms with Gasteiger partial charge >= 0.3 is 0 Å². The second-order valence-corrected chi connectivity index (χ2v) is 0.728.